The summed E-state index contributed by atoms with van der Waals surface area (Å²) in [6.45, 7) is 6.69. The first-order valence-corrected chi connectivity index (χ1v) is 9.47. The van der Waals surface area contributed by atoms with E-state index in [9.17, 15) is 13.2 Å². The maximum Gasteiger partial charge on any atom is 0.243 e. The predicted molar refractivity (Wildman–Crippen MR) is 89.5 cm³/mol. The van der Waals surface area contributed by atoms with Crippen LogP contribution >= 0.6 is 15.9 Å². The van der Waals surface area contributed by atoms with Crippen molar-refractivity contribution in [2.45, 2.75) is 36.5 Å². The molecule has 0 unspecified atom stereocenters. The highest BCUT2D eigenvalue weighted by molar-refractivity contribution is 9.10. The lowest BCUT2D eigenvalue weighted by atomic mass is 10.1. The minimum Gasteiger partial charge on any atom is -0.339 e. The van der Waals surface area contributed by atoms with Gasteiger partial charge in [-0.25, -0.2) is 8.42 Å². The predicted octanol–water partition coefficient (Wildman–Crippen LogP) is 1.82. The molecule has 0 bridgehead atoms. The van der Waals surface area contributed by atoms with Crippen LogP contribution in [0.2, 0.25) is 0 Å². The Balaban J connectivity index is 2.31. The van der Waals surface area contributed by atoms with E-state index in [1.165, 1.54) is 26.0 Å². The Bertz CT molecular complexity index is 656. The minimum atomic E-state index is -3.75. The van der Waals surface area contributed by atoms with E-state index in [1.54, 1.807) is 17.0 Å². The van der Waals surface area contributed by atoms with Crippen molar-refractivity contribution in [1.29, 1.82) is 0 Å². The molecule has 7 heteroatoms. The van der Waals surface area contributed by atoms with Crippen LogP contribution in [0.5, 0.6) is 0 Å². The number of hydrogen-bond donors (Lipinski definition) is 1. The summed E-state index contributed by atoms with van der Waals surface area (Å²) in [5, 5.41) is 3.25. The molecule has 1 atom stereocenters. The summed E-state index contributed by atoms with van der Waals surface area (Å²) in [6, 6.07) is 6.55. The molecule has 1 saturated heterocycles. The molecule has 1 aliphatic heterocycles. The van der Waals surface area contributed by atoms with Crippen molar-refractivity contribution in [1.82, 2.24) is 10.2 Å². The molecule has 1 aromatic carbocycles. The van der Waals surface area contributed by atoms with Crippen LogP contribution in [0.15, 0.2) is 33.6 Å². The van der Waals surface area contributed by atoms with Crippen molar-refractivity contribution < 1.29 is 13.2 Å². The van der Waals surface area contributed by atoms with Crippen LogP contribution in [0, 0.1) is 0 Å². The number of piperazine rings is 1. The van der Waals surface area contributed by atoms with E-state index in [1.807, 2.05) is 6.92 Å². The summed E-state index contributed by atoms with van der Waals surface area (Å²) >= 11 is 3.28. The average Bonchev–Trinajstić information content (AvgIpc) is 2.46. The summed E-state index contributed by atoms with van der Waals surface area (Å²) in [5.74, 6) is -0.344. The van der Waals surface area contributed by atoms with Crippen LogP contribution in [0.1, 0.15) is 20.8 Å². The fourth-order valence-electron chi connectivity index (χ4n) is 2.52. The van der Waals surface area contributed by atoms with Crippen LogP contribution in [0.3, 0.4) is 0 Å². The third kappa shape index (κ3) is 3.21. The van der Waals surface area contributed by atoms with E-state index < -0.39 is 14.6 Å². The Labute approximate surface area is 140 Å². The van der Waals surface area contributed by atoms with E-state index in [2.05, 4.69) is 21.2 Å². The molecule has 1 aromatic rings. The van der Waals surface area contributed by atoms with Crippen molar-refractivity contribution >= 4 is 31.7 Å². The van der Waals surface area contributed by atoms with Gasteiger partial charge in [-0.2, -0.15) is 0 Å². The van der Waals surface area contributed by atoms with E-state index in [-0.39, 0.29) is 16.8 Å². The number of hydrogen-bond acceptors (Lipinski definition) is 4. The van der Waals surface area contributed by atoms with Gasteiger partial charge in [-0.1, -0.05) is 15.9 Å². The van der Waals surface area contributed by atoms with Crippen molar-refractivity contribution in [3.8, 4) is 0 Å². The Morgan fingerprint density at radius 3 is 2.45 bits per heavy atom. The Morgan fingerprint density at radius 2 is 1.91 bits per heavy atom. The zero-order chi connectivity index (χ0) is 16.5. The molecule has 0 aliphatic carbocycles. The fourth-order valence-corrected chi connectivity index (χ4v) is 4.23. The number of carbonyl (C=O) groups is 1. The lowest BCUT2D eigenvalue weighted by Crippen LogP contribution is -2.57. The third-order valence-corrected chi connectivity index (χ3v) is 6.91. The molecule has 0 saturated carbocycles. The van der Waals surface area contributed by atoms with E-state index in [0.29, 0.717) is 19.6 Å². The second-order valence-electron chi connectivity index (χ2n) is 6.07. The van der Waals surface area contributed by atoms with Gasteiger partial charge in [0.2, 0.25) is 5.91 Å². The highest BCUT2D eigenvalue weighted by Crippen LogP contribution is 2.28. The normalized spacial score (nSPS) is 20.0. The molecule has 1 heterocycles. The summed E-state index contributed by atoms with van der Waals surface area (Å²) in [4.78, 5) is 14.6. The number of amides is 1. The molecular weight excluding hydrogens is 368 g/mol. The summed E-state index contributed by atoms with van der Waals surface area (Å²) in [6.07, 6.45) is 0. The van der Waals surface area contributed by atoms with Gasteiger partial charge in [0.25, 0.3) is 0 Å². The maximum atomic E-state index is 12.9. The second-order valence-corrected chi connectivity index (χ2v) is 9.49. The number of nitrogens with one attached hydrogen (secondary N) is 1. The quantitative estimate of drug-likeness (QED) is 0.857. The molecule has 0 aromatic heterocycles. The molecule has 0 radical (unpaired) electrons. The molecular formula is C15H21BrN2O3S. The van der Waals surface area contributed by atoms with Crippen LogP contribution in [-0.2, 0) is 14.6 Å². The molecule has 1 fully saturated rings. The SMILES string of the molecule is C[C@H]1CN(C(=O)C(C)(C)S(=O)(=O)c2ccc(Br)cc2)CCN1. The van der Waals surface area contributed by atoms with Crippen molar-refractivity contribution in [2.75, 3.05) is 19.6 Å². The van der Waals surface area contributed by atoms with E-state index >= 15 is 0 Å². The number of rotatable bonds is 3. The highest BCUT2D eigenvalue weighted by atomic mass is 79.9. The zero-order valence-corrected chi connectivity index (χ0v) is 15.4. The highest BCUT2D eigenvalue weighted by Gasteiger charge is 2.45. The van der Waals surface area contributed by atoms with Crippen molar-refractivity contribution in [3.05, 3.63) is 28.7 Å². The first-order valence-electron chi connectivity index (χ1n) is 7.19. The van der Waals surface area contributed by atoms with Gasteiger partial charge in [0, 0.05) is 30.1 Å². The average molecular weight is 389 g/mol. The van der Waals surface area contributed by atoms with Gasteiger partial charge in [-0.05, 0) is 45.0 Å². The Hall–Kier alpha value is -0.920. The molecule has 22 heavy (non-hydrogen) atoms. The van der Waals surface area contributed by atoms with Crippen LogP contribution in [0.25, 0.3) is 0 Å². The largest absolute Gasteiger partial charge is 0.339 e. The lowest BCUT2D eigenvalue weighted by molar-refractivity contribution is -0.134. The van der Waals surface area contributed by atoms with Gasteiger partial charge in [-0.15, -0.1) is 0 Å². The van der Waals surface area contributed by atoms with Gasteiger partial charge >= 0.3 is 0 Å². The van der Waals surface area contributed by atoms with Gasteiger partial charge in [0.15, 0.2) is 9.84 Å². The monoisotopic (exact) mass is 388 g/mol. The second kappa shape index (κ2) is 6.29. The van der Waals surface area contributed by atoms with Gasteiger partial charge < -0.3 is 10.2 Å². The Kier molecular flexibility index (Phi) is 4.99. The summed E-state index contributed by atoms with van der Waals surface area (Å²) in [7, 11) is -3.75. The van der Waals surface area contributed by atoms with Gasteiger partial charge in [-0.3, -0.25) is 4.79 Å². The van der Waals surface area contributed by atoms with Crippen molar-refractivity contribution in [3.63, 3.8) is 0 Å². The third-order valence-electron chi connectivity index (χ3n) is 3.97. The Morgan fingerprint density at radius 1 is 1.32 bits per heavy atom. The van der Waals surface area contributed by atoms with Gasteiger partial charge in [0.1, 0.15) is 4.75 Å². The van der Waals surface area contributed by atoms with Crippen molar-refractivity contribution in [2.24, 2.45) is 0 Å². The van der Waals surface area contributed by atoms with Gasteiger partial charge in [0.05, 0.1) is 4.90 Å². The summed E-state index contributed by atoms with van der Waals surface area (Å²) < 4.78 is 25.0. The first-order chi connectivity index (χ1) is 10.2. The van der Waals surface area contributed by atoms with E-state index in [0.717, 1.165) is 4.47 Å². The molecule has 1 aliphatic rings. The molecule has 5 nitrogen and oxygen atoms in total. The first kappa shape index (κ1) is 17.4. The smallest absolute Gasteiger partial charge is 0.243 e. The standard InChI is InChI=1S/C15H21BrN2O3S/c1-11-10-18(9-8-17-11)14(19)15(2,3)22(20,21)13-6-4-12(16)5-7-13/h4-7,11,17H,8-10H2,1-3H3/t11-/m0/s1. The van der Waals surface area contributed by atoms with E-state index in [4.69, 9.17) is 0 Å². The molecule has 0 spiro atoms. The number of halogens is 1. The maximum absolute atomic E-state index is 12.9. The molecule has 2 rings (SSSR count). The summed E-state index contributed by atoms with van der Waals surface area (Å²) in [5.41, 5.74) is 0. The molecule has 1 N–H and O–H groups in total. The number of nitrogens with zero attached hydrogens (tertiary/aromatic N) is 1. The number of benzene rings is 1. The minimum absolute atomic E-state index is 0.164. The van der Waals surface area contributed by atoms with Crippen LogP contribution < -0.4 is 5.32 Å². The lowest BCUT2D eigenvalue weighted by Gasteiger charge is -2.36. The fraction of sp³-hybridized carbons (Fsp3) is 0.533. The number of sulfone groups is 1. The van der Waals surface area contributed by atoms with Crippen LogP contribution in [-0.4, -0.2) is 49.6 Å². The topological polar surface area (TPSA) is 66.5 Å². The molecule has 1 amide bonds. The number of carbonyl (C=O) groups excluding carboxylic acids is 1. The zero-order valence-electron chi connectivity index (χ0n) is 13.0. The van der Waals surface area contributed by atoms with Crippen LogP contribution in [0.4, 0.5) is 0 Å². The molecule has 122 valence electrons.